The summed E-state index contributed by atoms with van der Waals surface area (Å²) in [6.07, 6.45) is 0. The van der Waals surface area contributed by atoms with Crippen molar-refractivity contribution in [2.45, 2.75) is 25.6 Å². The van der Waals surface area contributed by atoms with Crippen molar-refractivity contribution in [3.63, 3.8) is 0 Å². The molecule has 2 aromatic carbocycles. The van der Waals surface area contributed by atoms with Gasteiger partial charge in [0.15, 0.2) is 11.0 Å². The number of hydrogen-bond acceptors (Lipinski definition) is 5. The molecule has 3 rings (SSSR count). The van der Waals surface area contributed by atoms with Crippen molar-refractivity contribution in [1.82, 2.24) is 14.8 Å². The molecule has 0 aliphatic heterocycles. The summed E-state index contributed by atoms with van der Waals surface area (Å²) >= 11 is 10.8. The van der Waals surface area contributed by atoms with Gasteiger partial charge in [0, 0.05) is 11.5 Å². The maximum absolute atomic E-state index is 12.2. The van der Waals surface area contributed by atoms with E-state index in [0.29, 0.717) is 28.3 Å². The lowest BCUT2D eigenvalue weighted by Gasteiger charge is -2.09. The van der Waals surface area contributed by atoms with E-state index in [9.17, 15) is 4.79 Å². The molecule has 1 amide bonds. The minimum absolute atomic E-state index is 0.171. The fourth-order valence-electron chi connectivity index (χ4n) is 2.46. The van der Waals surface area contributed by atoms with Gasteiger partial charge >= 0.3 is 0 Å². The van der Waals surface area contributed by atoms with E-state index < -0.39 is 0 Å². The Morgan fingerprint density at radius 2 is 2.00 bits per heavy atom. The highest BCUT2D eigenvalue weighted by molar-refractivity contribution is 9.10. The number of amides is 1. The summed E-state index contributed by atoms with van der Waals surface area (Å²) in [5.41, 5.74) is 2.96. The number of carbonyl (C=O) groups excluding carboxylic acids is 1. The number of aromatic nitrogens is 3. The number of ether oxygens (including phenoxy) is 1. The topological polar surface area (TPSA) is 69.0 Å². The molecule has 9 heteroatoms. The van der Waals surface area contributed by atoms with Gasteiger partial charge in [-0.3, -0.25) is 4.79 Å². The van der Waals surface area contributed by atoms with Gasteiger partial charge in [0.25, 0.3) is 0 Å². The first-order valence-electron chi connectivity index (χ1n) is 8.79. The number of aryl methyl sites for hydroxylation is 2. The number of nitrogens with zero attached hydrogens (tertiary/aromatic N) is 3. The molecule has 1 heterocycles. The minimum atomic E-state index is -0.171. The van der Waals surface area contributed by atoms with Crippen molar-refractivity contribution in [2.75, 3.05) is 11.1 Å². The van der Waals surface area contributed by atoms with Gasteiger partial charge in [0.05, 0.1) is 16.5 Å². The summed E-state index contributed by atoms with van der Waals surface area (Å²) in [6, 6.07) is 11.3. The van der Waals surface area contributed by atoms with Crippen molar-refractivity contribution >= 4 is 50.9 Å². The largest absolute Gasteiger partial charge is 0.486 e. The van der Waals surface area contributed by atoms with Gasteiger partial charge in [-0.25, -0.2) is 0 Å². The van der Waals surface area contributed by atoms with Gasteiger partial charge in [-0.2, -0.15) is 0 Å². The normalized spacial score (nSPS) is 10.8. The highest BCUT2D eigenvalue weighted by atomic mass is 79.9. The zero-order valence-corrected chi connectivity index (χ0v) is 19.4. The van der Waals surface area contributed by atoms with Crippen LogP contribution in [0.1, 0.15) is 17.0 Å². The van der Waals surface area contributed by atoms with E-state index in [1.807, 2.05) is 42.8 Å². The number of carbonyl (C=O) groups is 1. The summed E-state index contributed by atoms with van der Waals surface area (Å²) in [5.74, 6) is 1.49. The predicted molar refractivity (Wildman–Crippen MR) is 120 cm³/mol. The molecule has 0 bridgehead atoms. The summed E-state index contributed by atoms with van der Waals surface area (Å²) in [6.45, 7) is 4.41. The first kappa shape index (κ1) is 21.7. The Hall–Kier alpha value is -2.03. The molecule has 6 nitrogen and oxygen atoms in total. The van der Waals surface area contributed by atoms with E-state index in [-0.39, 0.29) is 11.7 Å². The van der Waals surface area contributed by atoms with Gasteiger partial charge in [-0.15, -0.1) is 10.2 Å². The molecule has 3 aromatic rings. The molecular formula is C20H20BrClN4O2S. The number of hydrogen-bond donors (Lipinski definition) is 1. The predicted octanol–water partition coefficient (Wildman–Crippen LogP) is 5.16. The summed E-state index contributed by atoms with van der Waals surface area (Å²) in [7, 11) is 1.85. The highest BCUT2D eigenvalue weighted by Crippen LogP contribution is 2.26. The van der Waals surface area contributed by atoms with E-state index in [0.717, 1.165) is 10.2 Å². The zero-order valence-electron chi connectivity index (χ0n) is 16.2. The molecule has 152 valence electrons. The monoisotopic (exact) mass is 494 g/mol. The van der Waals surface area contributed by atoms with Crippen molar-refractivity contribution in [3.05, 3.63) is 62.8 Å². The quantitative estimate of drug-likeness (QED) is 0.459. The summed E-state index contributed by atoms with van der Waals surface area (Å²) in [4.78, 5) is 12.2. The maximum Gasteiger partial charge on any atom is 0.234 e. The number of thioether (sulfide) groups is 1. The Labute approximate surface area is 187 Å². The first-order chi connectivity index (χ1) is 13.8. The van der Waals surface area contributed by atoms with E-state index in [4.69, 9.17) is 16.3 Å². The number of rotatable bonds is 7. The number of benzene rings is 2. The van der Waals surface area contributed by atoms with E-state index in [2.05, 4.69) is 38.4 Å². The molecule has 0 unspecified atom stereocenters. The van der Waals surface area contributed by atoms with E-state index >= 15 is 0 Å². The van der Waals surface area contributed by atoms with Gasteiger partial charge in [-0.1, -0.05) is 45.4 Å². The lowest BCUT2D eigenvalue weighted by atomic mass is 10.1. The average molecular weight is 496 g/mol. The Balaban J connectivity index is 1.55. The van der Waals surface area contributed by atoms with Crippen LogP contribution in [0.2, 0.25) is 5.02 Å². The Kier molecular flexibility index (Phi) is 7.21. The molecule has 0 spiro atoms. The molecule has 1 aromatic heterocycles. The first-order valence-corrected chi connectivity index (χ1v) is 10.9. The third kappa shape index (κ3) is 5.74. The molecule has 0 fully saturated rings. The lowest BCUT2D eigenvalue weighted by Crippen LogP contribution is -2.15. The average Bonchev–Trinajstić information content (AvgIpc) is 3.03. The van der Waals surface area contributed by atoms with Crippen LogP contribution in [-0.4, -0.2) is 26.4 Å². The number of nitrogens with one attached hydrogen (secondary N) is 1. The molecular weight excluding hydrogens is 476 g/mol. The standard InChI is InChI=1S/C20H20BrClN4O2S/c1-12-4-6-15(8-13(12)2)28-10-18-24-25-20(26(18)3)29-11-19(27)23-17-7-5-14(21)9-16(17)22/h4-9H,10-11H2,1-3H3,(H,23,27). The SMILES string of the molecule is Cc1ccc(OCc2nnc(SCC(=O)Nc3ccc(Br)cc3Cl)n2C)cc1C. The number of halogens is 2. The van der Waals surface area contributed by atoms with Gasteiger partial charge in [0.1, 0.15) is 12.4 Å². The van der Waals surface area contributed by atoms with Crippen LogP contribution in [0.4, 0.5) is 5.69 Å². The van der Waals surface area contributed by atoms with Gasteiger partial charge in [0.2, 0.25) is 5.91 Å². The molecule has 0 aliphatic carbocycles. The van der Waals surface area contributed by atoms with E-state index in [1.165, 1.54) is 22.9 Å². The molecule has 0 saturated carbocycles. The van der Waals surface area contributed by atoms with Crippen LogP contribution in [-0.2, 0) is 18.4 Å². The second kappa shape index (κ2) is 9.65. The summed E-state index contributed by atoms with van der Waals surface area (Å²) < 4.78 is 8.50. The van der Waals surface area contributed by atoms with Crippen LogP contribution in [0.5, 0.6) is 5.75 Å². The summed E-state index contributed by atoms with van der Waals surface area (Å²) in [5, 5.41) is 12.2. The lowest BCUT2D eigenvalue weighted by molar-refractivity contribution is -0.113. The van der Waals surface area contributed by atoms with Crippen LogP contribution in [0.25, 0.3) is 0 Å². The Morgan fingerprint density at radius 1 is 1.21 bits per heavy atom. The maximum atomic E-state index is 12.2. The highest BCUT2D eigenvalue weighted by Gasteiger charge is 2.13. The number of anilines is 1. The van der Waals surface area contributed by atoms with Crippen LogP contribution in [0.3, 0.4) is 0 Å². The zero-order chi connectivity index (χ0) is 21.0. The van der Waals surface area contributed by atoms with Crippen molar-refractivity contribution in [2.24, 2.45) is 7.05 Å². The second-order valence-corrected chi connectivity index (χ2v) is 8.72. The molecule has 0 radical (unpaired) electrons. The third-order valence-corrected chi connectivity index (χ3v) is 6.14. The van der Waals surface area contributed by atoms with Crippen LogP contribution in [0.15, 0.2) is 46.0 Å². The molecule has 0 atom stereocenters. The van der Waals surface area contributed by atoms with Gasteiger partial charge < -0.3 is 14.6 Å². The Bertz CT molecular complexity index is 1040. The van der Waals surface area contributed by atoms with Crippen LogP contribution >= 0.6 is 39.3 Å². The molecule has 29 heavy (non-hydrogen) atoms. The third-order valence-electron chi connectivity index (χ3n) is 4.31. The van der Waals surface area contributed by atoms with Crippen LogP contribution in [0, 0.1) is 13.8 Å². The molecule has 0 saturated heterocycles. The fraction of sp³-hybridized carbons (Fsp3) is 0.250. The molecule has 1 N–H and O–H groups in total. The van der Waals surface area contributed by atoms with E-state index in [1.54, 1.807) is 12.1 Å². The fourth-order valence-corrected chi connectivity index (χ4v) is 3.91. The second-order valence-electron chi connectivity index (χ2n) is 6.45. The van der Waals surface area contributed by atoms with Gasteiger partial charge in [-0.05, 0) is 55.3 Å². The van der Waals surface area contributed by atoms with Crippen molar-refractivity contribution in [3.8, 4) is 5.75 Å². The minimum Gasteiger partial charge on any atom is -0.486 e. The van der Waals surface area contributed by atoms with Crippen molar-refractivity contribution < 1.29 is 9.53 Å². The molecule has 0 aliphatic rings. The smallest absolute Gasteiger partial charge is 0.234 e. The van der Waals surface area contributed by atoms with Crippen LogP contribution < -0.4 is 10.1 Å². The van der Waals surface area contributed by atoms with Crippen molar-refractivity contribution in [1.29, 1.82) is 0 Å². The Morgan fingerprint density at radius 3 is 2.72 bits per heavy atom.